The Morgan fingerprint density at radius 3 is 2.34 bits per heavy atom. The Balaban J connectivity index is 1.49. The molecule has 5 nitrogen and oxygen atoms in total. The van der Waals surface area contributed by atoms with Gasteiger partial charge in [-0.05, 0) is 137 Å². The van der Waals surface area contributed by atoms with Crippen molar-refractivity contribution in [2.75, 3.05) is 13.2 Å². The molecule has 0 aromatic heterocycles. The molecule has 5 heteroatoms. The highest BCUT2D eigenvalue weighted by molar-refractivity contribution is 5.90. The lowest BCUT2D eigenvalue weighted by atomic mass is 9.33. The molecule has 1 saturated heterocycles. The molecule has 5 rings (SSSR count). The smallest absolute Gasteiger partial charge is 0.317 e. The van der Waals surface area contributed by atoms with Crippen LogP contribution in [0, 0.1) is 51.2 Å². The van der Waals surface area contributed by atoms with Gasteiger partial charge in [0.2, 0.25) is 0 Å². The number of esters is 1. The molecule has 38 heavy (non-hydrogen) atoms. The molecule has 1 unspecified atom stereocenters. The van der Waals surface area contributed by atoms with Crippen molar-refractivity contribution in [2.24, 2.45) is 51.2 Å². The molecule has 9 atom stereocenters. The highest BCUT2D eigenvalue weighted by atomic mass is 16.5. The van der Waals surface area contributed by atoms with E-state index >= 15 is 0 Å². The van der Waals surface area contributed by atoms with Gasteiger partial charge in [0, 0.05) is 11.0 Å². The molecule has 4 saturated carbocycles. The summed E-state index contributed by atoms with van der Waals surface area (Å²) in [6.45, 7) is 21.0. The Labute approximate surface area is 230 Å². The first-order chi connectivity index (χ1) is 17.7. The largest absolute Gasteiger partial charge is 0.481 e. The Bertz CT molecular complexity index is 989. The molecule has 0 bridgehead atoms. The fourth-order valence-electron chi connectivity index (χ4n) is 11.8. The molecule has 0 amide bonds. The van der Waals surface area contributed by atoms with E-state index in [4.69, 9.17) is 9.84 Å². The molecular formula is C33H53NO4. The van der Waals surface area contributed by atoms with Crippen molar-refractivity contribution in [3.63, 3.8) is 0 Å². The predicted molar refractivity (Wildman–Crippen MR) is 150 cm³/mol. The van der Waals surface area contributed by atoms with Gasteiger partial charge in [-0.15, -0.1) is 0 Å². The Morgan fingerprint density at radius 1 is 0.921 bits per heavy atom. The van der Waals surface area contributed by atoms with Gasteiger partial charge in [0.1, 0.15) is 6.42 Å². The number of nitrogens with one attached hydrogen (secondary N) is 1. The standard InChI is InChI=1S/C33H53NO4/c1-21(2)22-11-15-33(20-38-27(37)19-26(35)36)17-16-31(6)23(28(22)33)9-10-25-30(5)13-8-18-34-29(3,4)24(30)12-14-32(25,31)7/h22-25,28,34H,1,8-20H2,2-7H3,(H,35,36)/t22-,23+,24?,25+,28+,30-,31+,32+,33+/m0/s1. The van der Waals surface area contributed by atoms with Crippen LogP contribution in [0.3, 0.4) is 0 Å². The number of aliphatic carboxylic acids is 1. The summed E-state index contributed by atoms with van der Waals surface area (Å²) in [5.74, 6) is 1.26. The average Bonchev–Trinajstić information content (AvgIpc) is 3.15. The van der Waals surface area contributed by atoms with Gasteiger partial charge in [0.05, 0.1) is 6.61 Å². The first-order valence-corrected chi connectivity index (χ1v) is 15.5. The van der Waals surface area contributed by atoms with Crippen molar-refractivity contribution in [1.29, 1.82) is 0 Å². The van der Waals surface area contributed by atoms with Crippen LogP contribution < -0.4 is 5.32 Å². The van der Waals surface area contributed by atoms with Crippen LogP contribution in [0.4, 0.5) is 0 Å². The van der Waals surface area contributed by atoms with Crippen LogP contribution in [0.5, 0.6) is 0 Å². The number of ether oxygens (including phenoxy) is 1. The van der Waals surface area contributed by atoms with E-state index in [2.05, 4.69) is 53.4 Å². The van der Waals surface area contributed by atoms with Crippen molar-refractivity contribution in [3.05, 3.63) is 12.2 Å². The number of allylic oxidation sites excluding steroid dienone is 1. The zero-order valence-electron chi connectivity index (χ0n) is 25.0. The minimum absolute atomic E-state index is 0.0412. The molecule has 0 aromatic rings. The number of carbonyl (C=O) groups excluding carboxylic acids is 1. The van der Waals surface area contributed by atoms with Crippen LogP contribution in [-0.2, 0) is 14.3 Å². The molecule has 2 N–H and O–H groups in total. The molecular weight excluding hydrogens is 474 g/mol. The molecule has 0 radical (unpaired) electrons. The van der Waals surface area contributed by atoms with Crippen molar-refractivity contribution in [2.45, 2.75) is 118 Å². The van der Waals surface area contributed by atoms with Gasteiger partial charge in [-0.1, -0.05) is 32.9 Å². The van der Waals surface area contributed by atoms with Crippen molar-refractivity contribution in [3.8, 4) is 0 Å². The molecule has 5 aliphatic rings. The van der Waals surface area contributed by atoms with E-state index in [1.165, 1.54) is 50.5 Å². The maximum absolute atomic E-state index is 12.3. The first kappa shape index (κ1) is 28.2. The fraction of sp³-hybridized carbons (Fsp3) is 0.879. The number of hydrogen-bond acceptors (Lipinski definition) is 4. The molecule has 4 aliphatic carbocycles. The second kappa shape index (κ2) is 9.35. The molecule has 0 aromatic carbocycles. The Hall–Kier alpha value is -1.36. The van der Waals surface area contributed by atoms with Crippen LogP contribution in [0.2, 0.25) is 0 Å². The summed E-state index contributed by atoms with van der Waals surface area (Å²) in [6.07, 6.45) is 11.7. The summed E-state index contributed by atoms with van der Waals surface area (Å²) in [5.41, 5.74) is 2.33. The Kier molecular flexibility index (Phi) is 6.93. The first-order valence-electron chi connectivity index (χ1n) is 15.5. The third kappa shape index (κ3) is 4.03. The van der Waals surface area contributed by atoms with E-state index in [1.54, 1.807) is 0 Å². The molecule has 214 valence electrons. The highest BCUT2D eigenvalue weighted by Gasteiger charge is 2.70. The third-order valence-electron chi connectivity index (χ3n) is 13.7. The minimum Gasteiger partial charge on any atom is -0.481 e. The van der Waals surface area contributed by atoms with E-state index in [1.807, 2.05) is 0 Å². The Morgan fingerprint density at radius 2 is 1.66 bits per heavy atom. The van der Waals surface area contributed by atoms with Gasteiger partial charge < -0.3 is 15.2 Å². The van der Waals surface area contributed by atoms with Crippen molar-refractivity contribution in [1.82, 2.24) is 5.32 Å². The van der Waals surface area contributed by atoms with E-state index in [-0.39, 0.29) is 16.4 Å². The number of fused-ring (bicyclic) bond motifs is 7. The number of rotatable bonds is 5. The van der Waals surface area contributed by atoms with E-state index in [9.17, 15) is 9.59 Å². The predicted octanol–water partition coefficient (Wildman–Crippen LogP) is 7.00. The summed E-state index contributed by atoms with van der Waals surface area (Å²) >= 11 is 0. The summed E-state index contributed by atoms with van der Waals surface area (Å²) in [7, 11) is 0. The number of carbonyl (C=O) groups is 2. The topological polar surface area (TPSA) is 75.6 Å². The van der Waals surface area contributed by atoms with Gasteiger partial charge in [0.15, 0.2) is 0 Å². The summed E-state index contributed by atoms with van der Waals surface area (Å²) in [6, 6.07) is 0. The molecule has 0 spiro atoms. The zero-order valence-corrected chi connectivity index (χ0v) is 25.0. The third-order valence-corrected chi connectivity index (χ3v) is 13.7. The SMILES string of the molecule is C=C(C)[C@@H]1CC[C@]2(COC(=O)CC(=O)O)CC[C@]3(C)[C@H](CC[C@@H]4[C@@]5(C)CCCNC(C)(C)C5CC[C@]43C)[C@@H]12. The maximum Gasteiger partial charge on any atom is 0.317 e. The molecule has 1 heterocycles. The molecule has 1 aliphatic heterocycles. The van der Waals surface area contributed by atoms with Crippen LogP contribution in [-0.4, -0.2) is 35.7 Å². The number of hydrogen-bond donors (Lipinski definition) is 2. The van der Waals surface area contributed by atoms with Gasteiger partial charge in [-0.3, -0.25) is 9.59 Å². The monoisotopic (exact) mass is 527 g/mol. The minimum atomic E-state index is -1.11. The van der Waals surface area contributed by atoms with E-state index < -0.39 is 18.4 Å². The quantitative estimate of drug-likeness (QED) is 0.229. The van der Waals surface area contributed by atoms with Gasteiger partial charge in [-0.2, -0.15) is 0 Å². The second-order valence-electron chi connectivity index (χ2n) is 15.5. The van der Waals surface area contributed by atoms with E-state index in [0.717, 1.165) is 31.7 Å². The van der Waals surface area contributed by atoms with Crippen LogP contribution >= 0.6 is 0 Å². The van der Waals surface area contributed by atoms with Gasteiger partial charge >= 0.3 is 11.9 Å². The summed E-state index contributed by atoms with van der Waals surface area (Å²) in [5, 5.41) is 13.0. The van der Waals surface area contributed by atoms with E-state index in [0.29, 0.717) is 41.1 Å². The van der Waals surface area contributed by atoms with Crippen LogP contribution in [0.25, 0.3) is 0 Å². The van der Waals surface area contributed by atoms with Crippen LogP contribution in [0.1, 0.15) is 112 Å². The van der Waals surface area contributed by atoms with Gasteiger partial charge in [-0.25, -0.2) is 0 Å². The lowest BCUT2D eigenvalue weighted by molar-refractivity contribution is -0.228. The highest BCUT2D eigenvalue weighted by Crippen LogP contribution is 2.76. The van der Waals surface area contributed by atoms with Gasteiger partial charge in [0.25, 0.3) is 0 Å². The zero-order chi connectivity index (χ0) is 27.7. The normalized spacial score (nSPS) is 47.5. The summed E-state index contributed by atoms with van der Waals surface area (Å²) in [4.78, 5) is 23.4. The second-order valence-corrected chi connectivity index (χ2v) is 15.5. The lowest BCUT2D eigenvalue weighted by Gasteiger charge is -2.71. The summed E-state index contributed by atoms with van der Waals surface area (Å²) < 4.78 is 5.74. The number of carboxylic acids is 1. The average molecular weight is 528 g/mol. The maximum atomic E-state index is 12.3. The molecule has 5 fully saturated rings. The van der Waals surface area contributed by atoms with Crippen molar-refractivity contribution < 1.29 is 19.4 Å². The van der Waals surface area contributed by atoms with Crippen molar-refractivity contribution >= 4 is 11.9 Å². The fourth-order valence-corrected chi connectivity index (χ4v) is 11.8. The lowest BCUT2D eigenvalue weighted by Crippen LogP contribution is -2.66. The number of carboxylic acid groups (broad SMARTS) is 1. The van der Waals surface area contributed by atoms with Crippen LogP contribution in [0.15, 0.2) is 12.2 Å².